The van der Waals surface area contributed by atoms with Gasteiger partial charge in [-0.3, -0.25) is 0 Å². The van der Waals surface area contributed by atoms with E-state index in [2.05, 4.69) is 4.90 Å². The lowest BCUT2D eigenvalue weighted by Gasteiger charge is -2.40. The first-order chi connectivity index (χ1) is 14.6. The van der Waals surface area contributed by atoms with Gasteiger partial charge in [0.1, 0.15) is 0 Å². The zero-order valence-corrected chi connectivity index (χ0v) is 18.8. The van der Waals surface area contributed by atoms with Gasteiger partial charge in [-0.2, -0.15) is 0 Å². The van der Waals surface area contributed by atoms with E-state index >= 15 is 0 Å². The number of likely N-dealkylation sites (tertiary alicyclic amines) is 1. The van der Waals surface area contributed by atoms with Crippen molar-refractivity contribution in [3.63, 3.8) is 0 Å². The highest BCUT2D eigenvalue weighted by atomic mass is 32.2. The number of rotatable bonds is 8. The average molecular weight is 447 g/mol. The van der Waals surface area contributed by atoms with E-state index in [1.807, 2.05) is 24.1 Å². The molecule has 0 atom stereocenters. The summed E-state index contributed by atoms with van der Waals surface area (Å²) in [5, 5.41) is 20.1. The van der Waals surface area contributed by atoms with Crippen molar-refractivity contribution in [1.82, 2.24) is 4.90 Å². The van der Waals surface area contributed by atoms with Crippen LogP contribution in [0.15, 0.2) is 53.4 Å². The van der Waals surface area contributed by atoms with Crippen LogP contribution in [0, 0.1) is 0 Å². The molecule has 7 nitrogen and oxygen atoms in total. The van der Waals surface area contributed by atoms with Crippen LogP contribution in [0.2, 0.25) is 0 Å². The fourth-order valence-corrected chi connectivity index (χ4v) is 4.56. The summed E-state index contributed by atoms with van der Waals surface area (Å²) >= 11 is 0. The summed E-state index contributed by atoms with van der Waals surface area (Å²) < 4.78 is 23.1. The number of nitrogens with zero attached hydrogens (tertiary/aromatic N) is 2. The monoisotopic (exact) mass is 446 g/mol. The van der Waals surface area contributed by atoms with Gasteiger partial charge in [-0.1, -0.05) is 12.1 Å². The summed E-state index contributed by atoms with van der Waals surface area (Å²) in [6, 6.07) is 13.7. The Morgan fingerprint density at radius 1 is 1.06 bits per heavy atom. The number of likely N-dealkylation sites (N-methyl/N-ethyl adjacent to an activating group) is 1. The number of aromatic carboxylic acids is 1. The van der Waals surface area contributed by atoms with Gasteiger partial charge < -0.3 is 20.0 Å². The quantitative estimate of drug-likeness (QED) is 0.642. The van der Waals surface area contributed by atoms with E-state index in [0.717, 1.165) is 37.3 Å². The van der Waals surface area contributed by atoms with E-state index in [9.17, 15) is 18.3 Å². The summed E-state index contributed by atoms with van der Waals surface area (Å²) in [5.74, 6) is -0.952. The van der Waals surface area contributed by atoms with E-state index in [1.165, 1.54) is 6.26 Å². The number of hydrogen-bond acceptors (Lipinski definition) is 6. The lowest BCUT2D eigenvalue weighted by atomic mass is 9.90. The van der Waals surface area contributed by atoms with Gasteiger partial charge in [-0.15, -0.1) is 0 Å². The highest BCUT2D eigenvalue weighted by Gasteiger charge is 2.33. The van der Waals surface area contributed by atoms with E-state index < -0.39 is 21.4 Å². The van der Waals surface area contributed by atoms with Gasteiger partial charge in [0.25, 0.3) is 0 Å². The molecule has 1 aliphatic heterocycles. The van der Waals surface area contributed by atoms with E-state index in [0.29, 0.717) is 24.3 Å². The van der Waals surface area contributed by atoms with Crippen LogP contribution in [0.5, 0.6) is 0 Å². The molecule has 31 heavy (non-hydrogen) atoms. The number of carboxylic acid groups (broad SMARTS) is 1. The largest absolute Gasteiger partial charge is 0.478 e. The Hall–Kier alpha value is -2.42. The second-order valence-electron chi connectivity index (χ2n) is 8.44. The molecule has 8 heteroatoms. The lowest BCUT2D eigenvalue weighted by Crippen LogP contribution is -2.50. The first-order valence-corrected chi connectivity index (χ1v) is 12.2. The predicted octanol–water partition coefficient (Wildman–Crippen LogP) is 2.29. The van der Waals surface area contributed by atoms with E-state index in [-0.39, 0.29) is 5.56 Å². The van der Waals surface area contributed by atoms with Crippen LogP contribution in [0.3, 0.4) is 0 Å². The maximum absolute atomic E-state index is 11.6. The number of anilines is 1. The summed E-state index contributed by atoms with van der Waals surface area (Å²) in [7, 11) is -1.27. The van der Waals surface area contributed by atoms with Crippen LogP contribution in [0.4, 0.5) is 5.69 Å². The lowest BCUT2D eigenvalue weighted by molar-refractivity contribution is -0.0137. The Balaban J connectivity index is 1.48. The molecule has 0 saturated carbocycles. The number of carbonyl (C=O) groups is 1. The summed E-state index contributed by atoms with van der Waals surface area (Å²) in [4.78, 5) is 15.6. The number of sulfone groups is 1. The Labute approximate surface area is 183 Å². The standard InChI is InChI=1S/C23H30N2O5S/c1-24(20-7-5-19(6-8-20)22(26)27)17-23(28)12-15-25(16-13-23)14-11-18-3-9-21(10-4-18)31(2,29)30/h3-10,28H,11-17H2,1-2H3,(H,26,27). The maximum Gasteiger partial charge on any atom is 0.335 e. The van der Waals surface area contributed by atoms with Gasteiger partial charge in [0.2, 0.25) is 0 Å². The smallest absolute Gasteiger partial charge is 0.335 e. The molecule has 3 rings (SSSR count). The van der Waals surface area contributed by atoms with Crippen LogP contribution < -0.4 is 4.90 Å². The summed E-state index contributed by atoms with van der Waals surface area (Å²) in [5.41, 5.74) is 1.43. The SMILES string of the molecule is CN(CC1(O)CCN(CCc2ccc(S(C)(=O)=O)cc2)CC1)c1ccc(C(=O)O)cc1. The minimum atomic E-state index is -3.17. The average Bonchev–Trinajstić information content (AvgIpc) is 2.73. The normalized spacial score (nSPS) is 16.7. The Morgan fingerprint density at radius 2 is 1.65 bits per heavy atom. The summed E-state index contributed by atoms with van der Waals surface area (Å²) in [6.45, 7) is 2.94. The molecule has 1 heterocycles. The topological polar surface area (TPSA) is 98.2 Å². The minimum absolute atomic E-state index is 0.245. The zero-order chi connectivity index (χ0) is 22.6. The molecule has 0 aliphatic carbocycles. The first kappa shape index (κ1) is 23.2. The Morgan fingerprint density at radius 3 is 2.16 bits per heavy atom. The van der Waals surface area contributed by atoms with Crippen molar-refractivity contribution in [2.45, 2.75) is 29.8 Å². The fourth-order valence-electron chi connectivity index (χ4n) is 3.93. The molecular formula is C23H30N2O5S. The molecule has 0 amide bonds. The van der Waals surface area contributed by atoms with Crippen LogP contribution in [0.25, 0.3) is 0 Å². The summed E-state index contributed by atoms with van der Waals surface area (Å²) in [6.07, 6.45) is 3.37. The third-order valence-corrected chi connectivity index (χ3v) is 7.07. The van der Waals surface area contributed by atoms with Crippen molar-refractivity contribution in [3.8, 4) is 0 Å². The van der Waals surface area contributed by atoms with Crippen LogP contribution >= 0.6 is 0 Å². The fraction of sp³-hybridized carbons (Fsp3) is 0.435. The van der Waals surface area contributed by atoms with Crippen molar-refractivity contribution in [3.05, 3.63) is 59.7 Å². The second-order valence-corrected chi connectivity index (χ2v) is 10.5. The third kappa shape index (κ3) is 6.29. The molecule has 1 aliphatic rings. The highest BCUT2D eigenvalue weighted by Crippen LogP contribution is 2.26. The number of aliphatic hydroxyl groups is 1. The Bertz CT molecular complexity index is 995. The van der Waals surface area contributed by atoms with Crippen LogP contribution in [0.1, 0.15) is 28.8 Å². The molecule has 0 spiro atoms. The first-order valence-electron chi connectivity index (χ1n) is 10.3. The number of benzene rings is 2. The maximum atomic E-state index is 11.6. The molecular weight excluding hydrogens is 416 g/mol. The van der Waals surface area contributed by atoms with Gasteiger partial charge >= 0.3 is 5.97 Å². The molecule has 1 saturated heterocycles. The van der Waals surface area contributed by atoms with Gasteiger partial charge in [-0.25, -0.2) is 13.2 Å². The van der Waals surface area contributed by atoms with Gasteiger partial charge in [0, 0.05) is 45.2 Å². The zero-order valence-electron chi connectivity index (χ0n) is 18.0. The van der Waals surface area contributed by atoms with E-state index in [4.69, 9.17) is 5.11 Å². The number of carboxylic acids is 1. The molecule has 2 aromatic carbocycles. The van der Waals surface area contributed by atoms with Crippen molar-refractivity contribution >= 4 is 21.5 Å². The van der Waals surface area contributed by atoms with Gasteiger partial charge in [-0.05, 0) is 61.2 Å². The molecule has 1 fully saturated rings. The molecule has 0 aromatic heterocycles. The molecule has 168 valence electrons. The molecule has 2 aromatic rings. The third-order valence-electron chi connectivity index (χ3n) is 5.94. The number of hydrogen-bond donors (Lipinski definition) is 2. The number of piperidine rings is 1. The van der Waals surface area contributed by atoms with Gasteiger partial charge in [0.05, 0.1) is 16.1 Å². The van der Waals surface area contributed by atoms with Crippen LogP contribution in [-0.2, 0) is 16.3 Å². The second kappa shape index (κ2) is 9.38. The predicted molar refractivity (Wildman–Crippen MR) is 121 cm³/mol. The van der Waals surface area contributed by atoms with Crippen molar-refractivity contribution in [2.75, 3.05) is 44.4 Å². The minimum Gasteiger partial charge on any atom is -0.478 e. The van der Waals surface area contributed by atoms with Crippen molar-refractivity contribution in [2.24, 2.45) is 0 Å². The van der Waals surface area contributed by atoms with Crippen molar-refractivity contribution < 1.29 is 23.4 Å². The Kier molecular flexibility index (Phi) is 7.03. The molecule has 0 unspecified atom stereocenters. The van der Waals surface area contributed by atoms with Gasteiger partial charge in [0.15, 0.2) is 9.84 Å². The highest BCUT2D eigenvalue weighted by molar-refractivity contribution is 7.90. The van der Waals surface area contributed by atoms with Crippen LogP contribution in [-0.4, -0.2) is 74.6 Å². The molecule has 2 N–H and O–H groups in total. The molecule has 0 bridgehead atoms. The molecule has 0 radical (unpaired) electrons. The van der Waals surface area contributed by atoms with E-state index in [1.54, 1.807) is 36.4 Å². The van der Waals surface area contributed by atoms with Crippen molar-refractivity contribution in [1.29, 1.82) is 0 Å².